The summed E-state index contributed by atoms with van der Waals surface area (Å²) >= 11 is 0. The van der Waals surface area contributed by atoms with Gasteiger partial charge in [0.05, 0.1) is 12.2 Å². The highest BCUT2D eigenvalue weighted by Gasteiger charge is 2.23. The van der Waals surface area contributed by atoms with Crippen molar-refractivity contribution in [3.8, 4) is 0 Å². The second-order valence-electron chi connectivity index (χ2n) is 3.05. The van der Waals surface area contributed by atoms with Gasteiger partial charge in [-0.1, -0.05) is 0 Å². The zero-order valence-electron chi connectivity index (χ0n) is 6.50. The second-order valence-corrected chi connectivity index (χ2v) is 3.05. The fourth-order valence-electron chi connectivity index (χ4n) is 1.51. The van der Waals surface area contributed by atoms with Gasteiger partial charge >= 0.3 is 0 Å². The Labute approximate surface area is 61.3 Å². The summed E-state index contributed by atoms with van der Waals surface area (Å²) in [5.74, 6) is 0. The first-order valence-corrected chi connectivity index (χ1v) is 3.77. The van der Waals surface area contributed by atoms with Gasteiger partial charge in [0.2, 0.25) is 0 Å². The molecule has 2 unspecified atom stereocenters. The van der Waals surface area contributed by atoms with Crippen LogP contribution < -0.4 is 5.48 Å². The lowest BCUT2D eigenvalue weighted by Gasteiger charge is -2.30. The molecule has 1 aliphatic heterocycles. The molecule has 3 nitrogen and oxygen atoms in total. The monoisotopic (exact) mass is 145 g/mol. The molecule has 0 aromatic heterocycles. The molecule has 0 aliphatic carbocycles. The zero-order chi connectivity index (χ0) is 7.56. The number of hydrogen-bond acceptors (Lipinski definition) is 3. The summed E-state index contributed by atoms with van der Waals surface area (Å²) in [6, 6.07) is 0.221. The molecular formula is C7H15NO2. The number of hydroxylamine groups is 1. The minimum Gasteiger partial charge on any atom is -0.375 e. The van der Waals surface area contributed by atoms with Gasteiger partial charge in [0.1, 0.15) is 0 Å². The average Bonchev–Trinajstić information content (AvgIpc) is 1.85. The van der Waals surface area contributed by atoms with E-state index in [2.05, 4.69) is 5.48 Å². The highest BCUT2D eigenvalue weighted by Crippen LogP contribution is 2.18. The van der Waals surface area contributed by atoms with E-state index in [1.54, 1.807) is 0 Å². The molecule has 1 heterocycles. The molecule has 1 saturated heterocycles. The summed E-state index contributed by atoms with van der Waals surface area (Å²) in [6.07, 6.45) is 2.35. The van der Waals surface area contributed by atoms with E-state index in [0.717, 1.165) is 12.8 Å². The highest BCUT2D eigenvalue weighted by atomic mass is 16.5. The lowest BCUT2D eigenvalue weighted by Crippen LogP contribution is -2.39. The van der Waals surface area contributed by atoms with E-state index in [9.17, 15) is 0 Å². The van der Waals surface area contributed by atoms with Crippen LogP contribution in [0.3, 0.4) is 0 Å². The minimum atomic E-state index is 0.221. The summed E-state index contributed by atoms with van der Waals surface area (Å²) in [4.78, 5) is 0. The number of rotatable bonds is 1. The summed E-state index contributed by atoms with van der Waals surface area (Å²) in [5, 5.41) is 8.62. The third kappa shape index (κ3) is 1.94. The SMILES string of the molecule is CC1CC(NO)CC(C)O1. The van der Waals surface area contributed by atoms with Gasteiger partial charge in [-0.3, -0.25) is 0 Å². The first-order valence-electron chi connectivity index (χ1n) is 3.77. The third-order valence-corrected chi connectivity index (χ3v) is 1.88. The van der Waals surface area contributed by atoms with Crippen molar-refractivity contribution in [2.75, 3.05) is 0 Å². The first kappa shape index (κ1) is 7.98. The zero-order valence-corrected chi connectivity index (χ0v) is 6.50. The summed E-state index contributed by atoms with van der Waals surface area (Å²) in [6.45, 7) is 4.06. The van der Waals surface area contributed by atoms with Crippen LogP contribution in [0.1, 0.15) is 26.7 Å². The Morgan fingerprint density at radius 2 is 1.80 bits per heavy atom. The van der Waals surface area contributed by atoms with Crippen molar-refractivity contribution in [1.29, 1.82) is 0 Å². The van der Waals surface area contributed by atoms with Crippen LogP contribution in [0.2, 0.25) is 0 Å². The molecule has 2 N–H and O–H groups in total. The maximum absolute atomic E-state index is 8.62. The Hall–Kier alpha value is -0.120. The average molecular weight is 145 g/mol. The molecule has 1 fully saturated rings. The first-order chi connectivity index (χ1) is 4.72. The lowest BCUT2D eigenvalue weighted by atomic mass is 10.0. The van der Waals surface area contributed by atoms with E-state index in [1.165, 1.54) is 0 Å². The van der Waals surface area contributed by atoms with Crippen LogP contribution >= 0.6 is 0 Å². The molecule has 0 radical (unpaired) electrons. The van der Waals surface area contributed by atoms with E-state index in [-0.39, 0.29) is 18.2 Å². The largest absolute Gasteiger partial charge is 0.375 e. The Balaban J connectivity index is 2.35. The van der Waals surface area contributed by atoms with Crippen LogP contribution in [0.25, 0.3) is 0 Å². The van der Waals surface area contributed by atoms with Crippen molar-refractivity contribution >= 4 is 0 Å². The Morgan fingerprint density at radius 1 is 1.30 bits per heavy atom. The summed E-state index contributed by atoms with van der Waals surface area (Å²) in [5.41, 5.74) is 2.28. The van der Waals surface area contributed by atoms with Crippen molar-refractivity contribution in [3.05, 3.63) is 0 Å². The van der Waals surface area contributed by atoms with Crippen LogP contribution in [0.5, 0.6) is 0 Å². The second kappa shape index (κ2) is 3.32. The van der Waals surface area contributed by atoms with Gasteiger partial charge in [0.25, 0.3) is 0 Å². The minimum absolute atomic E-state index is 0.221. The maximum atomic E-state index is 8.62. The quantitative estimate of drug-likeness (QED) is 0.539. The smallest absolute Gasteiger partial charge is 0.0566 e. The van der Waals surface area contributed by atoms with Crippen molar-refractivity contribution in [1.82, 2.24) is 5.48 Å². The molecule has 0 aromatic rings. The maximum Gasteiger partial charge on any atom is 0.0566 e. The van der Waals surface area contributed by atoms with Crippen molar-refractivity contribution in [2.24, 2.45) is 0 Å². The fourth-order valence-corrected chi connectivity index (χ4v) is 1.51. The van der Waals surface area contributed by atoms with Gasteiger partial charge in [0.15, 0.2) is 0 Å². The molecular weight excluding hydrogens is 130 g/mol. The third-order valence-electron chi connectivity index (χ3n) is 1.88. The molecule has 0 spiro atoms. The molecule has 0 saturated carbocycles. The Kier molecular flexibility index (Phi) is 2.65. The predicted molar refractivity (Wildman–Crippen MR) is 38.0 cm³/mol. The van der Waals surface area contributed by atoms with E-state index in [1.807, 2.05) is 13.8 Å². The van der Waals surface area contributed by atoms with Crippen molar-refractivity contribution in [3.63, 3.8) is 0 Å². The molecule has 1 rings (SSSR count). The number of hydrogen-bond donors (Lipinski definition) is 2. The standard InChI is InChI=1S/C7H15NO2/c1-5-3-7(8-9)4-6(2)10-5/h5-9H,3-4H2,1-2H3. The molecule has 0 bridgehead atoms. The van der Waals surface area contributed by atoms with Gasteiger partial charge in [0, 0.05) is 6.04 Å². The number of ether oxygens (including phenoxy) is 1. The Morgan fingerprint density at radius 3 is 2.20 bits per heavy atom. The fraction of sp³-hybridized carbons (Fsp3) is 1.00. The molecule has 0 aromatic carbocycles. The predicted octanol–water partition coefficient (Wildman–Crippen LogP) is 0.921. The highest BCUT2D eigenvalue weighted by molar-refractivity contribution is 4.75. The van der Waals surface area contributed by atoms with Crippen molar-refractivity contribution < 1.29 is 9.94 Å². The van der Waals surface area contributed by atoms with E-state index < -0.39 is 0 Å². The van der Waals surface area contributed by atoms with Gasteiger partial charge in [-0.2, -0.15) is 0 Å². The van der Waals surface area contributed by atoms with Gasteiger partial charge in [-0.25, -0.2) is 5.48 Å². The van der Waals surface area contributed by atoms with E-state index >= 15 is 0 Å². The van der Waals surface area contributed by atoms with Gasteiger partial charge < -0.3 is 9.94 Å². The summed E-state index contributed by atoms with van der Waals surface area (Å²) < 4.78 is 5.47. The lowest BCUT2D eigenvalue weighted by molar-refractivity contribution is -0.0621. The summed E-state index contributed by atoms with van der Waals surface area (Å²) in [7, 11) is 0. The molecule has 0 amide bonds. The topological polar surface area (TPSA) is 41.5 Å². The Bertz CT molecular complexity index is 97.8. The van der Waals surface area contributed by atoms with Crippen molar-refractivity contribution in [2.45, 2.75) is 44.9 Å². The van der Waals surface area contributed by atoms with Crippen LogP contribution in [-0.4, -0.2) is 23.5 Å². The normalized spacial score (nSPS) is 41.7. The molecule has 3 heteroatoms. The molecule has 60 valence electrons. The van der Waals surface area contributed by atoms with Crippen LogP contribution in [0, 0.1) is 0 Å². The van der Waals surface area contributed by atoms with Crippen LogP contribution in [0.4, 0.5) is 0 Å². The van der Waals surface area contributed by atoms with Crippen LogP contribution in [-0.2, 0) is 4.74 Å². The van der Waals surface area contributed by atoms with E-state index in [4.69, 9.17) is 9.94 Å². The van der Waals surface area contributed by atoms with Gasteiger partial charge in [-0.15, -0.1) is 0 Å². The van der Waals surface area contributed by atoms with Crippen LogP contribution in [0.15, 0.2) is 0 Å². The number of nitrogens with one attached hydrogen (secondary N) is 1. The van der Waals surface area contributed by atoms with E-state index in [0.29, 0.717) is 0 Å². The molecule has 1 aliphatic rings. The molecule has 10 heavy (non-hydrogen) atoms. The molecule has 2 atom stereocenters. The van der Waals surface area contributed by atoms with Gasteiger partial charge in [-0.05, 0) is 26.7 Å².